The summed E-state index contributed by atoms with van der Waals surface area (Å²) in [6, 6.07) is 66.7. The summed E-state index contributed by atoms with van der Waals surface area (Å²) in [7, 11) is 0. The lowest BCUT2D eigenvalue weighted by atomic mass is 9.97. The summed E-state index contributed by atoms with van der Waals surface area (Å²) in [5.74, 6) is 0. The lowest BCUT2D eigenvalue weighted by Gasteiger charge is -2.27. The maximum absolute atomic E-state index is 6.70. The molecule has 3 nitrogen and oxygen atoms in total. The van der Waals surface area contributed by atoms with Gasteiger partial charge >= 0.3 is 0 Å². The van der Waals surface area contributed by atoms with Crippen LogP contribution in [0.2, 0.25) is 0 Å². The van der Waals surface area contributed by atoms with Crippen LogP contribution in [-0.4, -0.2) is 0 Å². The third-order valence-electron chi connectivity index (χ3n) is 10.7. The summed E-state index contributed by atoms with van der Waals surface area (Å²) in [5.41, 5.74) is 11.1. The SMILES string of the molecule is c1ccc(-c2ccc(N(c3ccc(-c4ccc5c(ccc6ccccc65)c4)cc3)c3ccc4c(c3)oc3ccccc34)c3c2oc2ccccc23)cc1. The van der Waals surface area contributed by atoms with E-state index in [9.17, 15) is 0 Å². The Bertz CT molecular complexity index is 3170. The van der Waals surface area contributed by atoms with Gasteiger partial charge < -0.3 is 13.7 Å². The van der Waals surface area contributed by atoms with Crippen LogP contribution in [0.3, 0.4) is 0 Å². The van der Waals surface area contributed by atoms with Crippen molar-refractivity contribution in [3.63, 3.8) is 0 Å². The van der Waals surface area contributed by atoms with Crippen LogP contribution in [0.4, 0.5) is 17.1 Å². The van der Waals surface area contributed by atoms with E-state index >= 15 is 0 Å². The number of hydrogen-bond donors (Lipinski definition) is 0. The van der Waals surface area contributed by atoms with Gasteiger partial charge in [-0.1, -0.05) is 127 Å². The second-order valence-corrected chi connectivity index (χ2v) is 13.7. The Balaban J connectivity index is 1.11. The number of rotatable bonds is 5. The summed E-state index contributed by atoms with van der Waals surface area (Å²) in [6.45, 7) is 0. The number of nitrogens with zero attached hydrogens (tertiary/aromatic N) is 1. The minimum absolute atomic E-state index is 0.850. The topological polar surface area (TPSA) is 29.5 Å². The van der Waals surface area contributed by atoms with Crippen molar-refractivity contribution in [2.75, 3.05) is 4.90 Å². The van der Waals surface area contributed by atoms with Crippen molar-refractivity contribution in [3.05, 3.63) is 188 Å². The second-order valence-electron chi connectivity index (χ2n) is 13.7. The molecule has 0 amide bonds. The molecule has 0 N–H and O–H groups in total. The van der Waals surface area contributed by atoms with Crippen molar-refractivity contribution in [1.29, 1.82) is 0 Å². The Morgan fingerprint density at radius 2 is 0.962 bits per heavy atom. The first-order valence-corrected chi connectivity index (χ1v) is 18.0. The zero-order chi connectivity index (χ0) is 34.9. The molecule has 0 aliphatic heterocycles. The lowest BCUT2D eigenvalue weighted by molar-refractivity contribution is 0.669. The third kappa shape index (κ3) is 4.75. The minimum atomic E-state index is 0.850. The van der Waals surface area contributed by atoms with E-state index in [1.165, 1.54) is 27.1 Å². The predicted octanol–water partition coefficient (Wildman–Crippen LogP) is 14.6. The van der Waals surface area contributed by atoms with Crippen molar-refractivity contribution in [2.24, 2.45) is 0 Å². The van der Waals surface area contributed by atoms with Crippen LogP contribution < -0.4 is 4.90 Å². The van der Waals surface area contributed by atoms with Crippen LogP contribution in [0.25, 0.3) is 87.7 Å². The number of para-hydroxylation sites is 2. The Morgan fingerprint density at radius 1 is 0.340 bits per heavy atom. The van der Waals surface area contributed by atoms with Crippen LogP contribution in [-0.2, 0) is 0 Å². The molecule has 2 aromatic heterocycles. The monoisotopic (exact) mass is 677 g/mol. The molecule has 53 heavy (non-hydrogen) atoms. The van der Waals surface area contributed by atoms with Crippen molar-refractivity contribution >= 4 is 82.5 Å². The smallest absolute Gasteiger partial charge is 0.145 e. The van der Waals surface area contributed by atoms with E-state index in [0.29, 0.717) is 0 Å². The Kier molecular flexibility index (Phi) is 6.55. The number of benzene rings is 9. The molecule has 2 heterocycles. The quantitative estimate of drug-likeness (QED) is 0.170. The molecule has 9 aromatic carbocycles. The average Bonchev–Trinajstić information content (AvgIpc) is 3.80. The molecule has 0 radical (unpaired) electrons. The Labute approximate surface area is 305 Å². The summed E-state index contributed by atoms with van der Waals surface area (Å²) in [5, 5.41) is 9.40. The summed E-state index contributed by atoms with van der Waals surface area (Å²) in [6.07, 6.45) is 0. The molecule has 0 aliphatic rings. The highest BCUT2D eigenvalue weighted by molar-refractivity contribution is 6.17. The molecule has 11 aromatic rings. The molecule has 0 atom stereocenters. The van der Waals surface area contributed by atoms with Crippen LogP contribution >= 0.6 is 0 Å². The van der Waals surface area contributed by atoms with E-state index in [4.69, 9.17) is 8.83 Å². The van der Waals surface area contributed by atoms with Crippen LogP contribution in [0.1, 0.15) is 0 Å². The second kappa shape index (κ2) is 11.7. The third-order valence-corrected chi connectivity index (χ3v) is 10.7. The van der Waals surface area contributed by atoms with Gasteiger partial charge in [-0.05, 0) is 92.8 Å². The highest BCUT2D eigenvalue weighted by Gasteiger charge is 2.23. The fourth-order valence-electron chi connectivity index (χ4n) is 8.12. The van der Waals surface area contributed by atoms with E-state index in [0.717, 1.165) is 77.6 Å². The predicted molar refractivity (Wildman–Crippen MR) is 222 cm³/mol. The number of hydrogen-bond acceptors (Lipinski definition) is 3. The van der Waals surface area contributed by atoms with Gasteiger partial charge in [0.25, 0.3) is 0 Å². The highest BCUT2D eigenvalue weighted by Crippen LogP contribution is 2.47. The van der Waals surface area contributed by atoms with Gasteiger partial charge in [-0.3, -0.25) is 0 Å². The van der Waals surface area contributed by atoms with Crippen molar-refractivity contribution < 1.29 is 8.83 Å². The van der Waals surface area contributed by atoms with Gasteiger partial charge in [0, 0.05) is 39.2 Å². The first-order valence-electron chi connectivity index (χ1n) is 18.0. The van der Waals surface area contributed by atoms with E-state index in [-0.39, 0.29) is 0 Å². The highest BCUT2D eigenvalue weighted by atomic mass is 16.3. The largest absolute Gasteiger partial charge is 0.456 e. The van der Waals surface area contributed by atoms with E-state index in [1.807, 2.05) is 24.3 Å². The maximum Gasteiger partial charge on any atom is 0.145 e. The van der Waals surface area contributed by atoms with Gasteiger partial charge in [-0.25, -0.2) is 0 Å². The Hall–Kier alpha value is -7.10. The molecule has 0 fully saturated rings. The maximum atomic E-state index is 6.70. The summed E-state index contributed by atoms with van der Waals surface area (Å²) < 4.78 is 13.1. The Morgan fingerprint density at radius 3 is 1.81 bits per heavy atom. The van der Waals surface area contributed by atoms with Gasteiger partial charge in [0.05, 0.1) is 11.1 Å². The number of fused-ring (bicyclic) bond motifs is 9. The fourth-order valence-corrected chi connectivity index (χ4v) is 8.12. The summed E-state index contributed by atoms with van der Waals surface area (Å²) in [4.78, 5) is 2.34. The number of anilines is 3. The van der Waals surface area contributed by atoms with Crippen LogP contribution in [0.15, 0.2) is 197 Å². The molecule has 11 rings (SSSR count). The molecule has 0 saturated heterocycles. The van der Waals surface area contributed by atoms with Crippen molar-refractivity contribution in [3.8, 4) is 22.3 Å². The lowest BCUT2D eigenvalue weighted by Crippen LogP contribution is -2.10. The average molecular weight is 678 g/mol. The molecule has 3 heteroatoms. The van der Waals surface area contributed by atoms with Crippen molar-refractivity contribution in [2.45, 2.75) is 0 Å². The molecule has 0 unspecified atom stereocenters. The standard InChI is InChI=1S/C50H31NO2/c1-2-10-33(11-3-1)41-28-29-45(49-44-15-7-9-17-47(44)53-50(41)49)51(38-25-27-43-42-14-6-8-16-46(42)52-48(43)31-38)37-23-20-32(21-24-37)35-22-26-40-36(30-35)19-18-34-12-4-5-13-39(34)40/h1-31H. The van der Waals surface area contributed by atoms with Crippen LogP contribution in [0.5, 0.6) is 0 Å². The first-order chi connectivity index (χ1) is 26.3. The fraction of sp³-hybridized carbons (Fsp3) is 0. The zero-order valence-electron chi connectivity index (χ0n) is 28.7. The van der Waals surface area contributed by atoms with Crippen molar-refractivity contribution in [1.82, 2.24) is 0 Å². The molecule has 0 saturated carbocycles. The summed E-state index contributed by atoms with van der Waals surface area (Å²) >= 11 is 0. The molecule has 0 bridgehead atoms. The van der Waals surface area contributed by atoms with Crippen LogP contribution in [0, 0.1) is 0 Å². The van der Waals surface area contributed by atoms with E-state index in [1.54, 1.807) is 0 Å². The van der Waals surface area contributed by atoms with Gasteiger partial charge in [-0.2, -0.15) is 0 Å². The van der Waals surface area contributed by atoms with Gasteiger partial charge in [0.2, 0.25) is 0 Å². The normalized spacial score (nSPS) is 11.8. The van der Waals surface area contributed by atoms with Gasteiger partial charge in [0.15, 0.2) is 0 Å². The molecular formula is C50H31NO2. The molecule has 248 valence electrons. The molecule has 0 aliphatic carbocycles. The van der Waals surface area contributed by atoms with Gasteiger partial charge in [0.1, 0.15) is 22.3 Å². The van der Waals surface area contributed by atoms with E-state index in [2.05, 4.69) is 169 Å². The molecule has 0 spiro atoms. The first kappa shape index (κ1) is 29.6. The number of furan rings is 2. The van der Waals surface area contributed by atoms with Gasteiger partial charge in [-0.15, -0.1) is 0 Å². The zero-order valence-corrected chi connectivity index (χ0v) is 28.7. The van der Waals surface area contributed by atoms with E-state index < -0.39 is 0 Å². The minimum Gasteiger partial charge on any atom is -0.456 e. The molecular weight excluding hydrogens is 647 g/mol.